The van der Waals surface area contributed by atoms with Crippen molar-refractivity contribution in [2.75, 3.05) is 12.4 Å². The predicted molar refractivity (Wildman–Crippen MR) is 27.1 cm³/mol. The van der Waals surface area contributed by atoms with Crippen molar-refractivity contribution in [2.45, 2.75) is 0 Å². The van der Waals surface area contributed by atoms with Gasteiger partial charge in [0.1, 0.15) is 11.1 Å². The van der Waals surface area contributed by atoms with E-state index in [1.165, 1.54) is 11.1 Å². The van der Waals surface area contributed by atoms with Gasteiger partial charge in [-0.15, -0.1) is 0 Å². The minimum Gasteiger partial charge on any atom is -0.223 e. The van der Waals surface area contributed by atoms with Crippen LogP contribution in [0, 0.1) is 0 Å². The quantitative estimate of drug-likeness (QED) is 0.274. The van der Waals surface area contributed by atoms with Crippen molar-refractivity contribution >= 4 is 21.9 Å². The normalized spacial score (nSPS) is 24.0. The molecule has 6 heavy (non-hydrogen) atoms. The Morgan fingerprint density at radius 3 is 2.67 bits per heavy atom. The van der Waals surface area contributed by atoms with Crippen molar-refractivity contribution < 1.29 is 9.22 Å². The molecule has 1 fully saturated rings. The van der Waals surface area contributed by atoms with Crippen molar-refractivity contribution in [3.8, 4) is 0 Å². The highest BCUT2D eigenvalue weighted by molar-refractivity contribution is 8.74. The molecule has 0 aromatic carbocycles. The summed E-state index contributed by atoms with van der Waals surface area (Å²) in [6, 6.07) is 0. The van der Waals surface area contributed by atoms with E-state index >= 15 is 0 Å². The van der Waals surface area contributed by atoms with E-state index < -0.39 is 0 Å². The first-order chi connectivity index (χ1) is 3.00. The molecule has 1 aliphatic rings. The number of rotatable bonds is 0. The van der Waals surface area contributed by atoms with E-state index in [0.29, 0.717) is 0 Å². The fraction of sp³-hybridized carbons (Fsp3) is 1.00. The van der Waals surface area contributed by atoms with Crippen molar-refractivity contribution in [3.63, 3.8) is 0 Å². The molecule has 0 aromatic rings. The van der Waals surface area contributed by atoms with Crippen LogP contribution in [0.4, 0.5) is 0 Å². The summed E-state index contributed by atoms with van der Waals surface area (Å²) in [5, 5.41) is 0. The van der Waals surface area contributed by atoms with Gasteiger partial charge in [0.05, 0.1) is 6.61 Å². The lowest BCUT2D eigenvalue weighted by Gasteiger charge is -2.04. The second kappa shape index (κ2) is 2.74. The molecule has 36 valence electrons. The molecule has 0 aromatic heterocycles. The minimum absolute atomic E-state index is 0.720. The first-order valence-corrected chi connectivity index (χ1v) is 3.82. The zero-order chi connectivity index (χ0) is 4.24. The summed E-state index contributed by atoms with van der Waals surface area (Å²) in [7, 11) is 1.66. The molecule has 0 aliphatic carbocycles. The van der Waals surface area contributed by atoms with Crippen molar-refractivity contribution in [2.24, 2.45) is 0 Å². The van der Waals surface area contributed by atoms with Gasteiger partial charge >= 0.3 is 0 Å². The second-order valence-corrected chi connectivity index (χ2v) is 2.81. The summed E-state index contributed by atoms with van der Waals surface area (Å²) >= 11 is 1.29. The summed E-state index contributed by atoms with van der Waals surface area (Å²) < 4.78 is 4.45. The van der Waals surface area contributed by atoms with Crippen LogP contribution in [0.15, 0.2) is 0 Å². The number of hydrogen-bond donors (Lipinski definition) is 0. The lowest BCUT2D eigenvalue weighted by molar-refractivity contribution is -0.184. The van der Waals surface area contributed by atoms with Gasteiger partial charge in [0.2, 0.25) is 0 Å². The topological polar surface area (TPSA) is 18.5 Å². The maximum absolute atomic E-state index is 4.51. The highest BCUT2D eigenvalue weighted by Gasteiger charge is 1.98. The van der Waals surface area contributed by atoms with E-state index in [-0.39, 0.29) is 0 Å². The molecule has 0 unspecified atom stereocenters. The fourth-order valence-corrected chi connectivity index (χ4v) is 1.17. The molecular weight excluding hydrogens is 120 g/mol. The SMILES string of the molecule is C1CSSOO1. The first kappa shape index (κ1) is 4.77. The third-order valence-corrected chi connectivity index (χ3v) is 1.91. The van der Waals surface area contributed by atoms with Gasteiger partial charge in [-0.05, 0) is 0 Å². The van der Waals surface area contributed by atoms with E-state index in [9.17, 15) is 0 Å². The average molecular weight is 124 g/mol. The zero-order valence-corrected chi connectivity index (χ0v) is 4.68. The van der Waals surface area contributed by atoms with E-state index in [0.717, 1.165) is 12.4 Å². The van der Waals surface area contributed by atoms with Crippen LogP contribution in [-0.4, -0.2) is 12.4 Å². The Balaban J connectivity index is 2.00. The van der Waals surface area contributed by atoms with Crippen LogP contribution in [0.3, 0.4) is 0 Å². The van der Waals surface area contributed by atoms with Crippen LogP contribution in [0.2, 0.25) is 0 Å². The van der Waals surface area contributed by atoms with Gasteiger partial charge < -0.3 is 0 Å². The molecule has 2 nitrogen and oxygen atoms in total. The van der Waals surface area contributed by atoms with Gasteiger partial charge in [-0.25, -0.2) is 4.89 Å². The van der Waals surface area contributed by atoms with Crippen LogP contribution in [0.25, 0.3) is 0 Å². The third kappa shape index (κ3) is 1.38. The second-order valence-electron chi connectivity index (χ2n) is 0.780. The first-order valence-electron chi connectivity index (χ1n) is 1.58. The molecular formula is C2H4O2S2. The molecule has 1 heterocycles. The lowest BCUT2D eigenvalue weighted by Crippen LogP contribution is -1.97. The van der Waals surface area contributed by atoms with E-state index in [1.807, 2.05) is 0 Å². The van der Waals surface area contributed by atoms with E-state index in [2.05, 4.69) is 9.22 Å². The van der Waals surface area contributed by atoms with E-state index in [4.69, 9.17) is 0 Å². The van der Waals surface area contributed by atoms with E-state index in [1.54, 1.807) is 10.8 Å². The minimum atomic E-state index is 0.720. The molecule has 0 spiro atoms. The summed E-state index contributed by atoms with van der Waals surface area (Å²) in [5.74, 6) is 1.03. The smallest absolute Gasteiger partial charge is 0.102 e. The summed E-state index contributed by atoms with van der Waals surface area (Å²) in [5.41, 5.74) is 0. The maximum Gasteiger partial charge on any atom is 0.102 e. The molecule has 0 atom stereocenters. The monoisotopic (exact) mass is 124 g/mol. The third-order valence-electron chi connectivity index (χ3n) is 0.374. The average Bonchev–Trinajstić information content (AvgIpc) is 1.72. The Labute approximate surface area is 44.1 Å². The van der Waals surface area contributed by atoms with Crippen LogP contribution >= 0.6 is 21.9 Å². The highest BCUT2D eigenvalue weighted by atomic mass is 33.1. The summed E-state index contributed by atoms with van der Waals surface area (Å²) in [4.78, 5) is 4.51. The molecule has 0 radical (unpaired) electrons. The van der Waals surface area contributed by atoms with Gasteiger partial charge in [-0.1, -0.05) is 10.8 Å². The highest BCUT2D eigenvalue weighted by Crippen LogP contribution is 2.25. The van der Waals surface area contributed by atoms with Crippen molar-refractivity contribution in [1.82, 2.24) is 0 Å². The van der Waals surface area contributed by atoms with Crippen LogP contribution in [0.1, 0.15) is 0 Å². The predicted octanol–water partition coefficient (Wildman–Crippen LogP) is 1.24. The van der Waals surface area contributed by atoms with Crippen molar-refractivity contribution in [1.29, 1.82) is 0 Å². The molecule has 0 bridgehead atoms. The molecule has 0 amide bonds. The zero-order valence-electron chi connectivity index (χ0n) is 3.05. The molecule has 0 N–H and O–H groups in total. The van der Waals surface area contributed by atoms with Gasteiger partial charge in [-0.3, -0.25) is 0 Å². The Hall–Kier alpha value is 0.620. The fourth-order valence-electron chi connectivity index (χ4n) is 0.175. The Morgan fingerprint density at radius 1 is 1.50 bits per heavy atom. The Kier molecular flexibility index (Phi) is 2.18. The summed E-state index contributed by atoms with van der Waals surface area (Å²) in [6.07, 6.45) is 0. The lowest BCUT2D eigenvalue weighted by atomic mass is 10.9. The van der Waals surface area contributed by atoms with Gasteiger partial charge in [-0.2, -0.15) is 4.33 Å². The molecule has 4 heteroatoms. The molecule has 1 rings (SSSR count). The number of hydrogen-bond acceptors (Lipinski definition) is 4. The van der Waals surface area contributed by atoms with Crippen molar-refractivity contribution in [3.05, 3.63) is 0 Å². The Morgan fingerprint density at radius 2 is 2.50 bits per heavy atom. The standard InChI is InChI=1S/C2H4O2S2/c1-2-5-6-4-3-1/h1-2H2. The van der Waals surface area contributed by atoms with Gasteiger partial charge in [0, 0.05) is 5.75 Å². The van der Waals surface area contributed by atoms with Gasteiger partial charge in [0.15, 0.2) is 0 Å². The van der Waals surface area contributed by atoms with Gasteiger partial charge in [0.25, 0.3) is 0 Å². The van der Waals surface area contributed by atoms with Crippen LogP contribution in [0.5, 0.6) is 0 Å². The molecule has 0 saturated carbocycles. The molecule has 1 saturated heterocycles. The van der Waals surface area contributed by atoms with Crippen LogP contribution < -0.4 is 0 Å². The summed E-state index contributed by atoms with van der Waals surface area (Å²) in [6.45, 7) is 0.720. The van der Waals surface area contributed by atoms with Crippen LogP contribution in [-0.2, 0) is 9.22 Å². The maximum atomic E-state index is 4.51. The largest absolute Gasteiger partial charge is 0.223 e. The molecule has 1 aliphatic heterocycles. The Bertz CT molecular complexity index is 25.0.